The topological polar surface area (TPSA) is 41.1 Å². The molecular weight excluding hydrogens is 352 g/mol. The highest BCUT2D eigenvalue weighted by Crippen LogP contribution is 2.26. The molecule has 3 rings (SSSR count). The lowest BCUT2D eigenvalue weighted by Gasteiger charge is -2.30. The van der Waals surface area contributed by atoms with E-state index in [1.54, 1.807) is 0 Å². The Morgan fingerprint density at radius 2 is 2.09 bits per heavy atom. The van der Waals surface area contributed by atoms with Gasteiger partial charge in [0.05, 0.1) is 0 Å². The van der Waals surface area contributed by atoms with Gasteiger partial charge in [-0.25, -0.2) is 4.98 Å². The number of halogens is 1. The highest BCUT2D eigenvalue weighted by Gasteiger charge is 2.19. The van der Waals surface area contributed by atoms with Gasteiger partial charge >= 0.3 is 0 Å². The van der Waals surface area contributed by atoms with Crippen LogP contribution in [0.15, 0.2) is 28.7 Å². The second kappa shape index (κ2) is 6.87. The summed E-state index contributed by atoms with van der Waals surface area (Å²) in [5, 5.41) is 3.38. The number of rotatable bonds is 4. The normalized spacial score (nSPS) is 15.2. The third-order valence-corrected chi connectivity index (χ3v) is 4.83. The molecule has 0 amide bonds. The maximum atomic E-state index is 4.73. The van der Waals surface area contributed by atoms with E-state index in [1.165, 1.54) is 11.1 Å². The molecule has 0 saturated heterocycles. The number of hydrogen-bond acceptors (Lipinski definition) is 4. The van der Waals surface area contributed by atoms with Crippen molar-refractivity contribution in [1.82, 2.24) is 9.97 Å². The third-order valence-electron chi connectivity index (χ3n) is 4.33. The first kappa shape index (κ1) is 16.2. The van der Waals surface area contributed by atoms with Gasteiger partial charge in [0.15, 0.2) is 0 Å². The summed E-state index contributed by atoms with van der Waals surface area (Å²) in [6.07, 6.45) is 2.10. The summed E-state index contributed by atoms with van der Waals surface area (Å²) < 4.78 is 1.16. The van der Waals surface area contributed by atoms with Gasteiger partial charge in [0.1, 0.15) is 5.82 Å². The Balaban J connectivity index is 1.83. The molecule has 1 aromatic heterocycles. The Morgan fingerprint density at radius 3 is 2.87 bits per heavy atom. The Labute approximate surface area is 146 Å². The Bertz CT molecular complexity index is 701. The maximum absolute atomic E-state index is 4.73. The van der Waals surface area contributed by atoms with E-state index < -0.39 is 0 Å². The van der Waals surface area contributed by atoms with Gasteiger partial charge in [0.25, 0.3) is 0 Å². The van der Waals surface area contributed by atoms with E-state index in [0.29, 0.717) is 6.04 Å². The van der Waals surface area contributed by atoms with Crippen molar-refractivity contribution in [2.75, 3.05) is 16.8 Å². The zero-order chi connectivity index (χ0) is 16.4. The number of anilines is 2. The Kier molecular flexibility index (Phi) is 4.85. The number of aromatic nitrogens is 2. The second-order valence-electron chi connectivity index (χ2n) is 6.23. The van der Waals surface area contributed by atoms with Gasteiger partial charge in [-0.15, -0.1) is 0 Å². The van der Waals surface area contributed by atoms with Crippen LogP contribution in [0.2, 0.25) is 0 Å². The summed E-state index contributed by atoms with van der Waals surface area (Å²) in [5.74, 6) is 1.74. The van der Waals surface area contributed by atoms with Crippen molar-refractivity contribution >= 4 is 27.7 Å². The zero-order valence-corrected chi connectivity index (χ0v) is 15.5. The van der Waals surface area contributed by atoms with E-state index in [1.807, 2.05) is 6.92 Å². The average Bonchev–Trinajstić information content (AvgIpc) is 2.53. The van der Waals surface area contributed by atoms with Crippen molar-refractivity contribution in [2.45, 2.75) is 46.2 Å². The fourth-order valence-electron chi connectivity index (χ4n) is 2.82. The molecule has 0 unspecified atom stereocenters. The van der Waals surface area contributed by atoms with Crippen LogP contribution in [-0.4, -0.2) is 22.6 Å². The van der Waals surface area contributed by atoms with Gasteiger partial charge in [-0.3, -0.25) is 0 Å². The molecular formula is C18H23BrN4. The van der Waals surface area contributed by atoms with Crippen LogP contribution < -0.4 is 10.2 Å². The average molecular weight is 375 g/mol. The fourth-order valence-corrected chi connectivity index (χ4v) is 3.23. The first-order valence-electron chi connectivity index (χ1n) is 8.19. The highest BCUT2D eigenvalue weighted by molar-refractivity contribution is 9.10. The standard InChI is InChI=1S/C18H23BrN4/c1-4-12(2)20-18-21-13(3)9-17(22-18)23-8-7-14-10-16(19)6-5-15(14)11-23/h5-6,9-10,12H,4,7-8,11H2,1-3H3,(H,20,21,22)/t12-/m1/s1. The molecule has 1 aromatic carbocycles. The zero-order valence-electron chi connectivity index (χ0n) is 13.9. The molecule has 1 aliphatic heterocycles. The lowest BCUT2D eigenvalue weighted by molar-refractivity contribution is 0.713. The third kappa shape index (κ3) is 3.83. The molecule has 0 bridgehead atoms. The molecule has 1 aliphatic rings. The van der Waals surface area contributed by atoms with E-state index in [-0.39, 0.29) is 0 Å². The number of aryl methyl sites for hydroxylation is 1. The Hall–Kier alpha value is -1.62. The lowest BCUT2D eigenvalue weighted by atomic mass is 10.00. The minimum Gasteiger partial charge on any atom is -0.352 e. The largest absolute Gasteiger partial charge is 0.352 e. The van der Waals surface area contributed by atoms with Crippen LogP contribution in [0.25, 0.3) is 0 Å². The summed E-state index contributed by atoms with van der Waals surface area (Å²) in [7, 11) is 0. The molecule has 0 fully saturated rings. The van der Waals surface area contributed by atoms with E-state index in [9.17, 15) is 0 Å². The molecule has 2 heterocycles. The minimum absolute atomic E-state index is 0.379. The predicted octanol–water partition coefficient (Wildman–Crippen LogP) is 4.32. The van der Waals surface area contributed by atoms with Crippen LogP contribution in [0.1, 0.15) is 37.1 Å². The molecule has 23 heavy (non-hydrogen) atoms. The molecule has 122 valence electrons. The summed E-state index contributed by atoms with van der Waals surface area (Å²) in [6, 6.07) is 9.00. The van der Waals surface area contributed by atoms with Crippen LogP contribution in [0.4, 0.5) is 11.8 Å². The molecule has 4 nitrogen and oxygen atoms in total. The quantitative estimate of drug-likeness (QED) is 0.864. The van der Waals surface area contributed by atoms with Gasteiger partial charge in [-0.1, -0.05) is 28.9 Å². The van der Waals surface area contributed by atoms with Gasteiger partial charge in [-0.2, -0.15) is 4.98 Å². The summed E-state index contributed by atoms with van der Waals surface area (Å²) in [5.41, 5.74) is 3.81. The predicted molar refractivity (Wildman–Crippen MR) is 99.0 cm³/mol. The van der Waals surface area contributed by atoms with Crippen molar-refractivity contribution in [3.8, 4) is 0 Å². The molecule has 0 saturated carbocycles. The molecule has 0 spiro atoms. The molecule has 1 atom stereocenters. The number of hydrogen-bond donors (Lipinski definition) is 1. The SMILES string of the molecule is CC[C@@H](C)Nc1nc(C)cc(N2CCc3cc(Br)ccc3C2)n1. The molecule has 2 aromatic rings. The van der Waals surface area contributed by atoms with E-state index in [4.69, 9.17) is 4.98 Å². The van der Waals surface area contributed by atoms with Crippen LogP contribution in [0.5, 0.6) is 0 Å². The van der Waals surface area contributed by atoms with Crippen molar-refractivity contribution in [1.29, 1.82) is 0 Å². The number of benzene rings is 1. The van der Waals surface area contributed by atoms with Crippen LogP contribution in [-0.2, 0) is 13.0 Å². The number of nitrogens with zero attached hydrogens (tertiary/aromatic N) is 3. The van der Waals surface area contributed by atoms with Crippen molar-refractivity contribution < 1.29 is 0 Å². The minimum atomic E-state index is 0.379. The van der Waals surface area contributed by atoms with Crippen LogP contribution in [0.3, 0.4) is 0 Å². The van der Waals surface area contributed by atoms with Crippen molar-refractivity contribution in [3.05, 3.63) is 45.6 Å². The second-order valence-corrected chi connectivity index (χ2v) is 7.15. The molecule has 1 N–H and O–H groups in total. The highest BCUT2D eigenvalue weighted by atomic mass is 79.9. The molecule has 5 heteroatoms. The Morgan fingerprint density at radius 1 is 1.26 bits per heavy atom. The maximum Gasteiger partial charge on any atom is 0.225 e. The van der Waals surface area contributed by atoms with Crippen LogP contribution >= 0.6 is 15.9 Å². The van der Waals surface area contributed by atoms with E-state index in [2.05, 4.69) is 69.2 Å². The first-order valence-corrected chi connectivity index (χ1v) is 8.99. The smallest absolute Gasteiger partial charge is 0.225 e. The first-order chi connectivity index (χ1) is 11.0. The van der Waals surface area contributed by atoms with Crippen LogP contribution in [0, 0.1) is 6.92 Å². The van der Waals surface area contributed by atoms with Gasteiger partial charge in [0.2, 0.25) is 5.95 Å². The number of nitrogens with one attached hydrogen (secondary N) is 1. The fraction of sp³-hybridized carbons (Fsp3) is 0.444. The van der Waals surface area contributed by atoms with Gasteiger partial charge in [0, 0.05) is 35.4 Å². The summed E-state index contributed by atoms with van der Waals surface area (Å²) >= 11 is 3.56. The summed E-state index contributed by atoms with van der Waals surface area (Å²) in [4.78, 5) is 11.6. The molecule has 0 radical (unpaired) electrons. The monoisotopic (exact) mass is 374 g/mol. The molecule has 0 aliphatic carbocycles. The van der Waals surface area contributed by atoms with Gasteiger partial charge < -0.3 is 10.2 Å². The van der Waals surface area contributed by atoms with Crippen molar-refractivity contribution in [2.24, 2.45) is 0 Å². The van der Waals surface area contributed by atoms with E-state index >= 15 is 0 Å². The summed E-state index contributed by atoms with van der Waals surface area (Å²) in [6.45, 7) is 8.24. The van der Waals surface area contributed by atoms with E-state index in [0.717, 1.165) is 47.9 Å². The lowest BCUT2D eigenvalue weighted by Crippen LogP contribution is -2.31. The number of fused-ring (bicyclic) bond motifs is 1. The van der Waals surface area contributed by atoms with Crippen molar-refractivity contribution in [3.63, 3.8) is 0 Å². The van der Waals surface area contributed by atoms with Gasteiger partial charge in [-0.05, 0) is 49.9 Å².